The van der Waals surface area contributed by atoms with E-state index in [4.69, 9.17) is 33.2 Å². The first-order valence-electron chi connectivity index (χ1n) is 40.2. The SMILES string of the molecule is COC(=O)C1(C)CCC2(C)CCC3(C)C4=CC=C5C(=CC(=O)C6(O)Oc7cc8c(c(C)c7OC56C)C5Oc6cc7c(c(C)c6OC5C5C8(C)CCC6(C)C8CC(C)(C(=O)OC)CCC8(C)CCC56C)CCC5C7(C)CCC6(C)C7CC(C)(C(=O)OC)CCC7(C)CCC56C)C4(C)CCC3(C)C2C1. The predicted octanol–water partition coefficient (Wildman–Crippen LogP) is 19.3. The molecule has 2 aromatic rings. The summed E-state index contributed by atoms with van der Waals surface area (Å²) in [6.45, 7) is 43.1. The molecule has 0 radical (unpaired) electrons. The maximum absolute atomic E-state index is 15.7. The molecular formula is C90H122O12. The summed E-state index contributed by atoms with van der Waals surface area (Å²) in [4.78, 5) is 57.0. The second-order valence-corrected chi connectivity index (χ2v) is 41.8. The molecule has 554 valence electrons. The Morgan fingerprint density at radius 2 is 0.961 bits per heavy atom. The topological polar surface area (TPSA) is 153 Å². The summed E-state index contributed by atoms with van der Waals surface area (Å²) in [5.74, 6) is 0.651. The number of fused-ring (bicyclic) bond motifs is 28. The van der Waals surface area contributed by atoms with Crippen molar-refractivity contribution in [2.45, 2.75) is 307 Å². The molecule has 17 rings (SSSR count). The van der Waals surface area contributed by atoms with Crippen LogP contribution in [0.15, 0.2) is 47.1 Å². The van der Waals surface area contributed by atoms with Crippen LogP contribution < -0.4 is 18.9 Å². The zero-order chi connectivity index (χ0) is 73.1. The van der Waals surface area contributed by atoms with Gasteiger partial charge in [0.15, 0.2) is 29.1 Å². The molecule has 13 aliphatic carbocycles. The standard InChI is InChI=1S/C90H122O12/c1-50-52-22-24-59-80(9,35-41-85(14)61-47-77(6,71(92)96-19)29-26-74(61,3)32-38-83(59,85)12)54(52)44-57-66(50)100-69-68(99-57)65-51(2)67-58(45-56(65)82(11)37-43-87(16)63-49-79(8,73(94)98-21)31-28-76(63,5)34-40-88(87,17)70(69)82)101-90(95)64(91)46-55-53(89(90,18)102-67)23-25-60-81(55,10)36-42-86(15)62-48-78(7,72(93)97-20)30-27-75(62,4)33-39-84(60,86)13/h23,25,44-46,59,61-63,68-70,95H,22,24,26-43,47-49H2,1-21H3. The number of methoxy groups -OCH3 is 3. The Kier molecular flexibility index (Phi) is 14.2. The maximum atomic E-state index is 15.7. The number of aliphatic hydroxyl groups is 1. The highest BCUT2D eigenvalue weighted by atomic mass is 16.7. The summed E-state index contributed by atoms with van der Waals surface area (Å²) in [7, 11) is 4.65. The van der Waals surface area contributed by atoms with Gasteiger partial charge < -0.3 is 38.3 Å². The van der Waals surface area contributed by atoms with Crippen molar-refractivity contribution in [2.75, 3.05) is 21.3 Å². The van der Waals surface area contributed by atoms with Gasteiger partial charge in [-0.3, -0.25) is 19.2 Å². The molecule has 0 saturated heterocycles. The van der Waals surface area contributed by atoms with E-state index in [1.54, 1.807) is 20.3 Å². The lowest BCUT2D eigenvalue weighted by atomic mass is 9.32. The lowest BCUT2D eigenvalue weighted by molar-refractivity contribution is -0.239. The van der Waals surface area contributed by atoms with Gasteiger partial charge in [-0.15, -0.1) is 0 Å². The Morgan fingerprint density at radius 1 is 0.480 bits per heavy atom. The van der Waals surface area contributed by atoms with Gasteiger partial charge in [0.05, 0.1) is 37.6 Å². The quantitative estimate of drug-likeness (QED) is 0.230. The highest BCUT2D eigenvalue weighted by Crippen LogP contribution is 2.81. The van der Waals surface area contributed by atoms with Crippen LogP contribution in [0.5, 0.6) is 23.0 Å². The van der Waals surface area contributed by atoms with Gasteiger partial charge in [0.2, 0.25) is 11.4 Å². The number of hydrogen-bond acceptors (Lipinski definition) is 12. The van der Waals surface area contributed by atoms with Gasteiger partial charge in [-0.1, -0.05) is 101 Å². The number of esters is 3. The molecule has 0 spiro atoms. The second kappa shape index (κ2) is 20.8. The molecule has 9 fully saturated rings. The van der Waals surface area contributed by atoms with E-state index >= 15 is 4.79 Å². The normalized spacial score (nSPS) is 50.7. The lowest BCUT2D eigenvalue weighted by Gasteiger charge is -2.73. The number of allylic oxidation sites excluding steroid dienone is 3. The van der Waals surface area contributed by atoms with Gasteiger partial charge in [0.1, 0.15) is 6.10 Å². The maximum Gasteiger partial charge on any atom is 0.317 e. The summed E-state index contributed by atoms with van der Waals surface area (Å²) < 4.78 is 48.0. The minimum Gasteiger partial charge on any atom is -0.482 e. The largest absolute Gasteiger partial charge is 0.482 e. The fourth-order valence-corrected chi connectivity index (χ4v) is 30.3. The van der Waals surface area contributed by atoms with Crippen LogP contribution in [-0.2, 0) is 50.6 Å². The molecule has 102 heavy (non-hydrogen) atoms. The molecule has 2 aliphatic heterocycles. The average molecular weight is 1400 g/mol. The first kappa shape index (κ1) is 69.9. The van der Waals surface area contributed by atoms with Gasteiger partial charge in [0, 0.05) is 33.4 Å². The van der Waals surface area contributed by atoms with Crippen LogP contribution in [0, 0.1) is 114 Å². The van der Waals surface area contributed by atoms with E-state index in [2.05, 4.69) is 142 Å². The monoisotopic (exact) mass is 1390 g/mol. The van der Waals surface area contributed by atoms with E-state index in [-0.39, 0.29) is 89.8 Å². The molecule has 0 amide bonds. The highest BCUT2D eigenvalue weighted by molar-refractivity contribution is 6.02. The molecule has 15 aliphatic rings. The first-order chi connectivity index (χ1) is 47.5. The lowest BCUT2D eigenvalue weighted by Crippen LogP contribution is -2.70. The molecule has 0 bridgehead atoms. The van der Waals surface area contributed by atoms with E-state index in [1.807, 2.05) is 6.92 Å². The minimum absolute atomic E-state index is 0.0331. The number of benzene rings is 2. The molecule has 1 N–H and O–H groups in total. The Labute approximate surface area is 609 Å². The van der Waals surface area contributed by atoms with E-state index in [1.165, 1.54) is 42.2 Å². The smallest absolute Gasteiger partial charge is 0.317 e. The van der Waals surface area contributed by atoms with Crippen LogP contribution in [0.3, 0.4) is 0 Å². The van der Waals surface area contributed by atoms with Crippen LogP contribution in [-0.4, -0.2) is 67.6 Å². The van der Waals surface area contributed by atoms with Crippen molar-refractivity contribution in [3.8, 4) is 23.0 Å². The van der Waals surface area contributed by atoms with Crippen molar-refractivity contribution < 1.29 is 57.4 Å². The van der Waals surface area contributed by atoms with Crippen LogP contribution >= 0.6 is 0 Å². The number of ketones is 1. The van der Waals surface area contributed by atoms with Crippen LogP contribution in [0.1, 0.15) is 292 Å². The summed E-state index contributed by atoms with van der Waals surface area (Å²) in [6, 6.07) is 4.60. The van der Waals surface area contributed by atoms with Gasteiger partial charge >= 0.3 is 23.7 Å². The molecule has 12 heteroatoms. The third-order valence-corrected chi connectivity index (χ3v) is 37.8. The van der Waals surface area contributed by atoms with Crippen molar-refractivity contribution >= 4 is 23.7 Å². The number of carbonyl (C=O) groups is 4. The predicted molar refractivity (Wildman–Crippen MR) is 393 cm³/mol. The van der Waals surface area contributed by atoms with Gasteiger partial charge in [-0.05, 0) is 313 Å². The van der Waals surface area contributed by atoms with Crippen LogP contribution in [0.25, 0.3) is 0 Å². The molecular weight excluding hydrogens is 1270 g/mol. The Morgan fingerprint density at radius 3 is 1.53 bits per heavy atom. The zero-order valence-electron chi connectivity index (χ0n) is 66.1. The van der Waals surface area contributed by atoms with Gasteiger partial charge in [-0.25, -0.2) is 0 Å². The molecule has 24 unspecified atom stereocenters. The average Bonchev–Trinajstić information content (AvgIpc) is 0.689. The van der Waals surface area contributed by atoms with Gasteiger partial charge in [-0.2, -0.15) is 0 Å². The van der Waals surface area contributed by atoms with E-state index in [0.29, 0.717) is 23.3 Å². The molecule has 0 aromatic heterocycles. The number of ether oxygens (including phenoxy) is 7. The molecule has 2 heterocycles. The van der Waals surface area contributed by atoms with Crippen LogP contribution in [0.4, 0.5) is 0 Å². The summed E-state index contributed by atoms with van der Waals surface area (Å²) in [5, 5.41) is 13.6. The zero-order valence-corrected chi connectivity index (χ0v) is 66.1. The Hall–Kier alpha value is -5.10. The summed E-state index contributed by atoms with van der Waals surface area (Å²) in [5.41, 5.74) is 5.00. The fraction of sp³-hybridized carbons (Fsp3) is 0.756. The molecule has 24 atom stereocenters. The summed E-state index contributed by atoms with van der Waals surface area (Å²) >= 11 is 0. The van der Waals surface area contributed by atoms with Crippen LogP contribution in [0.2, 0.25) is 0 Å². The van der Waals surface area contributed by atoms with E-state index in [9.17, 15) is 19.5 Å². The molecule has 12 nitrogen and oxygen atoms in total. The molecule has 9 saturated carbocycles. The van der Waals surface area contributed by atoms with E-state index < -0.39 is 56.5 Å². The van der Waals surface area contributed by atoms with Crippen molar-refractivity contribution in [1.29, 1.82) is 0 Å². The molecule has 2 aromatic carbocycles. The first-order valence-corrected chi connectivity index (χ1v) is 40.2. The summed E-state index contributed by atoms with van der Waals surface area (Å²) in [6.07, 6.45) is 27.3. The highest BCUT2D eigenvalue weighted by Gasteiger charge is 2.76. The van der Waals surface area contributed by atoms with Gasteiger partial charge in [0.25, 0.3) is 0 Å². The minimum atomic E-state index is -2.40. The number of rotatable bonds is 3. The van der Waals surface area contributed by atoms with Crippen molar-refractivity contribution in [1.82, 2.24) is 0 Å². The Balaban J connectivity index is 0.789. The number of hydrogen-bond donors (Lipinski definition) is 1. The Bertz CT molecular complexity index is 4200. The third-order valence-electron chi connectivity index (χ3n) is 37.8. The van der Waals surface area contributed by atoms with Crippen molar-refractivity contribution in [3.63, 3.8) is 0 Å². The van der Waals surface area contributed by atoms with Crippen molar-refractivity contribution in [2.24, 2.45) is 100.0 Å². The third kappa shape index (κ3) is 8.03. The second-order valence-electron chi connectivity index (χ2n) is 41.8. The van der Waals surface area contributed by atoms with Crippen molar-refractivity contribution in [3.05, 3.63) is 80.5 Å². The van der Waals surface area contributed by atoms with E-state index in [0.717, 1.165) is 174 Å². The number of carbonyl (C=O) groups excluding carboxylic acids is 4. The fourth-order valence-electron chi connectivity index (χ4n) is 30.3.